The summed E-state index contributed by atoms with van der Waals surface area (Å²) in [5.74, 6) is -1.78. The van der Waals surface area contributed by atoms with E-state index in [1.165, 1.54) is 16.7 Å². The second-order valence-electron chi connectivity index (χ2n) is 10.8. The average Bonchev–Trinajstić information content (AvgIpc) is 3.09. The van der Waals surface area contributed by atoms with Gasteiger partial charge in [0.1, 0.15) is 17.5 Å². The lowest BCUT2D eigenvalue weighted by molar-refractivity contribution is -0.180. The summed E-state index contributed by atoms with van der Waals surface area (Å²) >= 11 is 7.46. The maximum atomic E-state index is 12.9. The Kier molecular flexibility index (Phi) is 7.81. The largest absolute Gasteiger partial charge is 0.427 e. The van der Waals surface area contributed by atoms with Crippen LogP contribution in [0, 0.1) is 5.41 Å². The van der Waals surface area contributed by atoms with Gasteiger partial charge in [-0.1, -0.05) is 11.6 Å². The van der Waals surface area contributed by atoms with Crippen molar-refractivity contribution < 1.29 is 28.7 Å². The van der Waals surface area contributed by atoms with E-state index in [2.05, 4.69) is 15.6 Å². The predicted molar refractivity (Wildman–Crippen MR) is 144 cm³/mol. The first-order valence-corrected chi connectivity index (χ1v) is 13.5. The molecule has 3 heterocycles. The molecule has 38 heavy (non-hydrogen) atoms. The highest BCUT2D eigenvalue weighted by molar-refractivity contribution is 8.01. The van der Waals surface area contributed by atoms with Crippen LogP contribution in [-0.4, -0.2) is 69.2 Å². The van der Waals surface area contributed by atoms with Crippen LogP contribution in [0.15, 0.2) is 30.5 Å². The zero-order chi connectivity index (χ0) is 27.8. The van der Waals surface area contributed by atoms with Crippen LogP contribution >= 0.6 is 23.4 Å². The average molecular weight is 563 g/mol. The van der Waals surface area contributed by atoms with Gasteiger partial charge in [-0.05, 0) is 58.9 Å². The number of rotatable bonds is 8. The minimum Gasteiger partial charge on any atom is -0.427 e. The summed E-state index contributed by atoms with van der Waals surface area (Å²) in [7, 11) is 0. The molecule has 204 valence electrons. The van der Waals surface area contributed by atoms with E-state index in [0.29, 0.717) is 11.6 Å². The number of pyridine rings is 1. The Hall–Kier alpha value is -3.05. The van der Waals surface area contributed by atoms with Crippen molar-refractivity contribution in [2.75, 3.05) is 18.7 Å². The molecule has 1 aromatic heterocycles. The van der Waals surface area contributed by atoms with Gasteiger partial charge in [0.15, 0.2) is 0 Å². The highest BCUT2D eigenvalue weighted by atomic mass is 35.5. The summed E-state index contributed by atoms with van der Waals surface area (Å²) in [5, 5.41) is 7.12. The van der Waals surface area contributed by atoms with Crippen LogP contribution in [-0.2, 0) is 28.7 Å². The summed E-state index contributed by atoms with van der Waals surface area (Å²) in [6.45, 7) is 8.59. The molecule has 0 spiro atoms. The van der Waals surface area contributed by atoms with E-state index in [-0.39, 0.29) is 18.2 Å². The molecule has 0 aliphatic carbocycles. The first-order chi connectivity index (χ1) is 17.8. The van der Waals surface area contributed by atoms with Gasteiger partial charge in [-0.3, -0.25) is 19.4 Å². The molecule has 1 aromatic carbocycles. The van der Waals surface area contributed by atoms with Gasteiger partial charge in [0.2, 0.25) is 18.6 Å². The van der Waals surface area contributed by atoms with Crippen LogP contribution in [0.2, 0.25) is 5.02 Å². The summed E-state index contributed by atoms with van der Waals surface area (Å²) < 4.78 is 9.54. The Bertz CT molecular complexity index is 1280. The fraction of sp³-hybridized carbons (Fsp3) is 0.500. The van der Waals surface area contributed by atoms with Gasteiger partial charge in [-0.25, -0.2) is 4.79 Å². The monoisotopic (exact) mass is 562 g/mol. The molecular formula is C26H31ClN4O6S. The van der Waals surface area contributed by atoms with Crippen molar-refractivity contribution in [3.05, 3.63) is 35.5 Å². The van der Waals surface area contributed by atoms with E-state index in [0.717, 1.165) is 16.6 Å². The predicted octanol–water partition coefficient (Wildman–Crippen LogP) is 3.33. The molecule has 10 nitrogen and oxygen atoms in total. The second kappa shape index (κ2) is 10.6. The van der Waals surface area contributed by atoms with Gasteiger partial charge in [0.05, 0.1) is 10.9 Å². The standard InChI is InChI=1S/C26H31ClN4O6S/c1-25(2,3)24(35)37-13-36-23(34)20-26(4,5)38-22-19(21(33)31(20)22)30-18(32)9-11-28-16-8-10-29-17-12-14(27)6-7-15(16)17/h6-8,10,12,19-20,22H,9,11,13H2,1-5H3,(H,28,29)(H,30,32)/t19-,20+,22-/m1/s1. The van der Waals surface area contributed by atoms with Crippen LogP contribution in [0.5, 0.6) is 0 Å². The van der Waals surface area contributed by atoms with E-state index in [1.807, 2.05) is 26.0 Å². The lowest BCUT2D eigenvalue weighted by Gasteiger charge is -2.43. The summed E-state index contributed by atoms with van der Waals surface area (Å²) in [4.78, 5) is 56.0. The van der Waals surface area contributed by atoms with Gasteiger partial charge < -0.3 is 25.0 Å². The van der Waals surface area contributed by atoms with Crippen molar-refractivity contribution in [1.29, 1.82) is 0 Å². The van der Waals surface area contributed by atoms with Gasteiger partial charge in [0.25, 0.3) is 0 Å². The van der Waals surface area contributed by atoms with E-state index < -0.39 is 46.4 Å². The number of benzene rings is 1. The number of nitrogens with zero attached hydrogens (tertiary/aromatic N) is 2. The molecule has 0 unspecified atom stereocenters. The number of ether oxygens (including phenoxy) is 2. The third-order valence-electron chi connectivity index (χ3n) is 6.36. The van der Waals surface area contributed by atoms with E-state index in [1.54, 1.807) is 39.1 Å². The second-order valence-corrected chi connectivity index (χ2v) is 13.0. The van der Waals surface area contributed by atoms with Crippen LogP contribution in [0.25, 0.3) is 10.9 Å². The molecule has 2 amide bonds. The van der Waals surface area contributed by atoms with Crippen molar-refractivity contribution in [3.8, 4) is 0 Å². The number of anilines is 1. The molecule has 2 saturated heterocycles. The van der Waals surface area contributed by atoms with Crippen LogP contribution in [0.1, 0.15) is 41.0 Å². The summed E-state index contributed by atoms with van der Waals surface area (Å²) in [6, 6.07) is 5.64. The molecule has 12 heteroatoms. The van der Waals surface area contributed by atoms with Crippen molar-refractivity contribution in [3.63, 3.8) is 0 Å². The molecule has 2 aromatic rings. The molecule has 4 rings (SSSR count). The molecule has 2 N–H and O–H groups in total. The molecule has 0 bridgehead atoms. The fourth-order valence-corrected chi connectivity index (χ4v) is 6.18. The Morgan fingerprint density at radius 1 is 1.18 bits per heavy atom. The highest BCUT2D eigenvalue weighted by Gasteiger charge is 2.64. The Labute approximate surface area is 230 Å². The number of carbonyl (C=O) groups is 4. The van der Waals surface area contributed by atoms with Crippen molar-refractivity contribution in [2.45, 2.75) is 63.2 Å². The van der Waals surface area contributed by atoms with Gasteiger partial charge >= 0.3 is 11.9 Å². The van der Waals surface area contributed by atoms with Crippen LogP contribution < -0.4 is 10.6 Å². The van der Waals surface area contributed by atoms with E-state index >= 15 is 0 Å². The Morgan fingerprint density at radius 3 is 2.63 bits per heavy atom. The highest BCUT2D eigenvalue weighted by Crippen LogP contribution is 2.51. The quantitative estimate of drug-likeness (QED) is 0.283. The number of nitrogens with one attached hydrogen (secondary N) is 2. The zero-order valence-electron chi connectivity index (χ0n) is 21.9. The maximum absolute atomic E-state index is 12.9. The molecule has 3 atom stereocenters. The van der Waals surface area contributed by atoms with Gasteiger partial charge in [0, 0.05) is 40.0 Å². The maximum Gasteiger partial charge on any atom is 0.333 e. The van der Waals surface area contributed by atoms with E-state index in [9.17, 15) is 19.2 Å². The van der Waals surface area contributed by atoms with Gasteiger partial charge in [-0.15, -0.1) is 11.8 Å². The smallest absolute Gasteiger partial charge is 0.333 e. The molecule has 0 saturated carbocycles. The molecular weight excluding hydrogens is 532 g/mol. The third kappa shape index (κ3) is 5.68. The van der Waals surface area contributed by atoms with Crippen molar-refractivity contribution in [1.82, 2.24) is 15.2 Å². The number of thioether (sulfide) groups is 1. The number of esters is 2. The van der Waals surface area contributed by atoms with Gasteiger partial charge in [-0.2, -0.15) is 0 Å². The summed E-state index contributed by atoms with van der Waals surface area (Å²) in [6.07, 6.45) is 1.81. The lowest BCUT2D eigenvalue weighted by atomic mass is 9.96. The number of amides is 2. The Morgan fingerprint density at radius 2 is 1.92 bits per heavy atom. The number of fused-ring (bicyclic) bond motifs is 2. The number of carbonyl (C=O) groups excluding carboxylic acids is 4. The SMILES string of the molecule is CC(C)(C)C(=O)OCOC(=O)[C@@H]1N2C(=O)[C@@H](NC(=O)CCNc3ccnc4cc(Cl)ccc34)[C@H]2SC1(C)C. The number of aromatic nitrogens is 1. The third-order valence-corrected chi connectivity index (χ3v) is 8.16. The molecule has 2 aliphatic rings. The number of halogens is 1. The lowest BCUT2D eigenvalue weighted by Crippen LogP contribution is -2.70. The first kappa shape index (κ1) is 28.0. The first-order valence-electron chi connectivity index (χ1n) is 12.2. The zero-order valence-corrected chi connectivity index (χ0v) is 23.4. The minimum absolute atomic E-state index is 0.145. The van der Waals surface area contributed by atoms with Crippen molar-refractivity contribution in [2.24, 2.45) is 5.41 Å². The normalized spacial score (nSPS) is 21.9. The minimum atomic E-state index is -0.860. The van der Waals surface area contributed by atoms with Crippen LogP contribution in [0.3, 0.4) is 0 Å². The molecule has 2 fully saturated rings. The van der Waals surface area contributed by atoms with Crippen LogP contribution in [0.4, 0.5) is 5.69 Å². The number of hydrogen-bond donors (Lipinski definition) is 2. The fourth-order valence-electron chi connectivity index (χ4n) is 4.39. The summed E-state index contributed by atoms with van der Waals surface area (Å²) in [5.41, 5.74) is 0.843. The number of hydrogen-bond acceptors (Lipinski definition) is 9. The molecule has 0 radical (unpaired) electrons. The van der Waals surface area contributed by atoms with E-state index in [4.69, 9.17) is 21.1 Å². The number of β-lactam (4-membered cyclic amide) rings is 1. The Balaban J connectivity index is 1.29. The molecule has 2 aliphatic heterocycles. The van der Waals surface area contributed by atoms with Crippen molar-refractivity contribution >= 4 is 63.7 Å². The topological polar surface area (TPSA) is 127 Å².